The second-order valence-corrected chi connectivity index (χ2v) is 3.82. The van der Waals surface area contributed by atoms with Gasteiger partial charge in [-0.1, -0.05) is 12.7 Å². The van der Waals surface area contributed by atoms with Gasteiger partial charge in [-0.25, -0.2) is 0 Å². The van der Waals surface area contributed by atoms with Crippen molar-refractivity contribution in [2.24, 2.45) is 0 Å². The summed E-state index contributed by atoms with van der Waals surface area (Å²) in [4.78, 5) is 2.41. The van der Waals surface area contributed by atoms with Crippen molar-refractivity contribution in [3.8, 4) is 5.75 Å². The fraction of sp³-hybridized carbons (Fsp3) is 0.385. The second-order valence-electron chi connectivity index (χ2n) is 3.82. The number of rotatable bonds is 3. The molecule has 1 saturated heterocycles. The Labute approximate surface area is 91.2 Å². The van der Waals surface area contributed by atoms with Crippen LogP contribution in [0.3, 0.4) is 0 Å². The van der Waals surface area contributed by atoms with E-state index in [-0.39, 0.29) is 0 Å². The third kappa shape index (κ3) is 1.99. The van der Waals surface area contributed by atoms with Crippen LogP contribution in [0.25, 0.3) is 6.08 Å². The molecule has 1 fully saturated rings. The number of anilines is 1. The molecule has 1 aromatic carbocycles. The number of methoxy groups -OCH3 is 1. The lowest BCUT2D eigenvalue weighted by molar-refractivity contribution is 0.414. The minimum absolute atomic E-state index is 0.896. The molecule has 15 heavy (non-hydrogen) atoms. The third-order valence-electron chi connectivity index (χ3n) is 2.90. The van der Waals surface area contributed by atoms with E-state index in [0.717, 1.165) is 24.4 Å². The van der Waals surface area contributed by atoms with Crippen LogP contribution in [-0.2, 0) is 0 Å². The van der Waals surface area contributed by atoms with Crippen molar-refractivity contribution >= 4 is 11.8 Å². The number of nitrogens with zero attached hydrogens (tertiary/aromatic N) is 1. The van der Waals surface area contributed by atoms with Crippen LogP contribution < -0.4 is 9.64 Å². The molecule has 0 saturated carbocycles. The molecule has 2 rings (SSSR count). The summed E-state index contributed by atoms with van der Waals surface area (Å²) < 4.78 is 5.21. The van der Waals surface area contributed by atoms with Crippen molar-refractivity contribution in [3.63, 3.8) is 0 Å². The molecule has 0 amide bonds. The Hall–Kier alpha value is -1.44. The zero-order chi connectivity index (χ0) is 10.7. The molecule has 1 aliphatic heterocycles. The summed E-state index contributed by atoms with van der Waals surface area (Å²) >= 11 is 0. The van der Waals surface area contributed by atoms with Gasteiger partial charge in [-0.15, -0.1) is 0 Å². The maximum atomic E-state index is 5.21. The molecular formula is C13H17NO. The van der Waals surface area contributed by atoms with Gasteiger partial charge >= 0.3 is 0 Å². The highest BCUT2D eigenvalue weighted by atomic mass is 16.5. The van der Waals surface area contributed by atoms with Gasteiger partial charge in [0.05, 0.1) is 7.11 Å². The zero-order valence-electron chi connectivity index (χ0n) is 9.20. The molecular weight excluding hydrogens is 186 g/mol. The van der Waals surface area contributed by atoms with Gasteiger partial charge in [-0.2, -0.15) is 0 Å². The van der Waals surface area contributed by atoms with Gasteiger partial charge in [-0.3, -0.25) is 0 Å². The molecule has 2 heteroatoms. The van der Waals surface area contributed by atoms with Crippen LogP contribution in [0.2, 0.25) is 0 Å². The SMILES string of the molecule is C=Cc1cc(OC)ccc1N1CCCC1. The van der Waals surface area contributed by atoms with Crippen LogP contribution in [0.5, 0.6) is 5.75 Å². The van der Waals surface area contributed by atoms with Gasteiger partial charge in [0.1, 0.15) is 5.75 Å². The highest BCUT2D eigenvalue weighted by molar-refractivity contribution is 5.68. The third-order valence-corrected chi connectivity index (χ3v) is 2.90. The van der Waals surface area contributed by atoms with Crippen molar-refractivity contribution < 1.29 is 4.74 Å². The Morgan fingerprint density at radius 1 is 1.33 bits per heavy atom. The molecule has 1 heterocycles. The van der Waals surface area contributed by atoms with E-state index in [1.807, 2.05) is 18.2 Å². The molecule has 0 spiro atoms. The highest BCUT2D eigenvalue weighted by Gasteiger charge is 2.14. The highest BCUT2D eigenvalue weighted by Crippen LogP contribution is 2.28. The first-order valence-corrected chi connectivity index (χ1v) is 5.40. The summed E-state index contributed by atoms with van der Waals surface area (Å²) in [5, 5.41) is 0. The van der Waals surface area contributed by atoms with E-state index in [0.29, 0.717) is 0 Å². The molecule has 0 radical (unpaired) electrons. The lowest BCUT2D eigenvalue weighted by Crippen LogP contribution is -2.18. The topological polar surface area (TPSA) is 12.5 Å². The summed E-state index contributed by atoms with van der Waals surface area (Å²) in [5.74, 6) is 0.896. The van der Waals surface area contributed by atoms with Crippen LogP contribution >= 0.6 is 0 Å². The Morgan fingerprint density at radius 3 is 2.67 bits per heavy atom. The number of benzene rings is 1. The minimum atomic E-state index is 0.896. The fourth-order valence-corrected chi connectivity index (χ4v) is 2.07. The quantitative estimate of drug-likeness (QED) is 0.749. The summed E-state index contributed by atoms with van der Waals surface area (Å²) in [5.41, 5.74) is 2.44. The van der Waals surface area contributed by atoms with Crippen LogP contribution in [0.1, 0.15) is 18.4 Å². The molecule has 0 N–H and O–H groups in total. The predicted octanol–water partition coefficient (Wildman–Crippen LogP) is 2.94. The van der Waals surface area contributed by atoms with E-state index in [1.165, 1.54) is 18.5 Å². The Morgan fingerprint density at radius 2 is 2.07 bits per heavy atom. The van der Waals surface area contributed by atoms with E-state index in [2.05, 4.69) is 17.5 Å². The van der Waals surface area contributed by atoms with Gasteiger partial charge < -0.3 is 9.64 Å². The first kappa shape index (κ1) is 10.1. The van der Waals surface area contributed by atoms with Crippen LogP contribution in [0.4, 0.5) is 5.69 Å². The van der Waals surface area contributed by atoms with E-state index in [9.17, 15) is 0 Å². The van der Waals surface area contributed by atoms with E-state index in [1.54, 1.807) is 7.11 Å². The monoisotopic (exact) mass is 203 g/mol. The molecule has 2 nitrogen and oxygen atoms in total. The van der Waals surface area contributed by atoms with Crippen molar-refractivity contribution in [1.82, 2.24) is 0 Å². The summed E-state index contributed by atoms with van der Waals surface area (Å²) in [6, 6.07) is 6.18. The van der Waals surface area contributed by atoms with Gasteiger partial charge in [0.2, 0.25) is 0 Å². The van der Waals surface area contributed by atoms with Gasteiger partial charge in [0.15, 0.2) is 0 Å². The van der Waals surface area contributed by atoms with Crippen molar-refractivity contribution in [1.29, 1.82) is 0 Å². The molecule has 1 aromatic rings. The standard InChI is InChI=1S/C13H17NO/c1-3-11-10-12(15-2)6-7-13(11)14-8-4-5-9-14/h3,6-7,10H,1,4-5,8-9H2,2H3. The van der Waals surface area contributed by atoms with E-state index >= 15 is 0 Å². The van der Waals surface area contributed by atoms with Crippen molar-refractivity contribution in [2.45, 2.75) is 12.8 Å². The average molecular weight is 203 g/mol. The summed E-state index contributed by atoms with van der Waals surface area (Å²) in [6.45, 7) is 6.18. The maximum Gasteiger partial charge on any atom is 0.119 e. The van der Waals surface area contributed by atoms with Gasteiger partial charge in [0.25, 0.3) is 0 Å². The van der Waals surface area contributed by atoms with Crippen LogP contribution in [0.15, 0.2) is 24.8 Å². The molecule has 0 aromatic heterocycles. The van der Waals surface area contributed by atoms with Crippen LogP contribution in [0, 0.1) is 0 Å². The first-order valence-electron chi connectivity index (χ1n) is 5.40. The number of hydrogen-bond donors (Lipinski definition) is 0. The first-order chi connectivity index (χ1) is 7.35. The zero-order valence-corrected chi connectivity index (χ0v) is 9.20. The molecule has 0 atom stereocenters. The van der Waals surface area contributed by atoms with Crippen LogP contribution in [-0.4, -0.2) is 20.2 Å². The van der Waals surface area contributed by atoms with E-state index < -0.39 is 0 Å². The lowest BCUT2D eigenvalue weighted by atomic mass is 10.1. The number of ether oxygens (including phenoxy) is 1. The van der Waals surface area contributed by atoms with Gasteiger partial charge in [-0.05, 0) is 31.0 Å². The van der Waals surface area contributed by atoms with E-state index in [4.69, 9.17) is 4.74 Å². The number of hydrogen-bond acceptors (Lipinski definition) is 2. The van der Waals surface area contributed by atoms with Crippen molar-refractivity contribution in [2.75, 3.05) is 25.1 Å². The maximum absolute atomic E-state index is 5.21. The Balaban J connectivity index is 2.33. The molecule has 80 valence electrons. The molecule has 0 unspecified atom stereocenters. The largest absolute Gasteiger partial charge is 0.497 e. The second kappa shape index (κ2) is 4.39. The smallest absolute Gasteiger partial charge is 0.119 e. The lowest BCUT2D eigenvalue weighted by Gasteiger charge is -2.20. The fourth-order valence-electron chi connectivity index (χ4n) is 2.07. The Bertz CT molecular complexity index is 354. The predicted molar refractivity (Wildman–Crippen MR) is 64.5 cm³/mol. The molecule has 1 aliphatic rings. The summed E-state index contributed by atoms with van der Waals surface area (Å²) in [7, 11) is 1.69. The average Bonchev–Trinajstić information content (AvgIpc) is 2.81. The molecule has 0 bridgehead atoms. The minimum Gasteiger partial charge on any atom is -0.497 e. The van der Waals surface area contributed by atoms with Gasteiger partial charge in [0, 0.05) is 24.3 Å². The normalized spacial score (nSPS) is 15.4. The summed E-state index contributed by atoms with van der Waals surface area (Å²) in [6.07, 6.45) is 4.49. The van der Waals surface area contributed by atoms with Crippen molar-refractivity contribution in [3.05, 3.63) is 30.3 Å². The molecule has 0 aliphatic carbocycles. The Kier molecular flexibility index (Phi) is 2.95.